The van der Waals surface area contributed by atoms with Crippen LogP contribution >= 0.6 is 0 Å². The van der Waals surface area contributed by atoms with Gasteiger partial charge in [-0.3, -0.25) is 9.69 Å². The molecular weight excluding hydrogens is 266 g/mol. The van der Waals surface area contributed by atoms with Crippen molar-refractivity contribution in [2.45, 2.75) is 19.9 Å². The summed E-state index contributed by atoms with van der Waals surface area (Å²) in [5, 5.41) is 2.89. The summed E-state index contributed by atoms with van der Waals surface area (Å²) in [4.78, 5) is 16.5. The van der Waals surface area contributed by atoms with Crippen molar-refractivity contribution in [1.29, 1.82) is 0 Å². The van der Waals surface area contributed by atoms with Gasteiger partial charge in [0, 0.05) is 44.5 Å². The highest BCUT2D eigenvalue weighted by atomic mass is 16.5. The van der Waals surface area contributed by atoms with Crippen molar-refractivity contribution in [1.82, 2.24) is 10.2 Å². The summed E-state index contributed by atoms with van der Waals surface area (Å²) in [6, 6.07) is 8.07. The second-order valence-corrected chi connectivity index (χ2v) is 5.30. The van der Waals surface area contributed by atoms with E-state index in [0.29, 0.717) is 6.54 Å². The average molecular weight is 291 g/mol. The van der Waals surface area contributed by atoms with Gasteiger partial charge in [-0.25, -0.2) is 0 Å². The first-order valence-corrected chi connectivity index (χ1v) is 7.56. The first-order valence-electron chi connectivity index (χ1n) is 7.56. The second-order valence-electron chi connectivity index (χ2n) is 5.30. The lowest BCUT2D eigenvalue weighted by molar-refractivity contribution is -0.125. The zero-order valence-corrected chi connectivity index (χ0v) is 13.1. The molecule has 2 rings (SSSR count). The van der Waals surface area contributed by atoms with Crippen LogP contribution in [0, 0.1) is 0 Å². The molecule has 1 heterocycles. The molecule has 1 aliphatic rings. The molecule has 0 unspecified atom stereocenters. The third-order valence-corrected chi connectivity index (χ3v) is 4.01. The number of amides is 1. The molecule has 116 valence electrons. The van der Waals surface area contributed by atoms with E-state index in [1.165, 1.54) is 5.69 Å². The molecule has 1 saturated heterocycles. The number of hydrogen-bond donors (Lipinski definition) is 1. The van der Waals surface area contributed by atoms with E-state index in [0.717, 1.165) is 31.9 Å². The van der Waals surface area contributed by atoms with Crippen LogP contribution in [0.15, 0.2) is 24.3 Å². The number of anilines is 1. The van der Waals surface area contributed by atoms with Gasteiger partial charge in [0.25, 0.3) is 0 Å². The van der Waals surface area contributed by atoms with Crippen molar-refractivity contribution >= 4 is 11.6 Å². The highest BCUT2D eigenvalue weighted by Crippen LogP contribution is 2.22. The number of nitrogens with zero attached hydrogens (tertiary/aromatic N) is 2. The fourth-order valence-electron chi connectivity index (χ4n) is 2.66. The van der Waals surface area contributed by atoms with Gasteiger partial charge < -0.3 is 15.0 Å². The first-order chi connectivity index (χ1) is 10.2. The highest BCUT2D eigenvalue weighted by Gasteiger charge is 2.25. The highest BCUT2D eigenvalue weighted by molar-refractivity contribution is 5.81. The molecule has 1 atom stereocenters. The SMILES string of the molecule is CCNC(=O)[C@@H](C)N1CCN(c2cccc(OC)c2)CC1. The van der Waals surface area contributed by atoms with Crippen LogP contribution in [-0.4, -0.2) is 56.7 Å². The molecule has 1 aromatic carbocycles. The van der Waals surface area contributed by atoms with Crippen molar-refractivity contribution in [2.24, 2.45) is 0 Å². The topological polar surface area (TPSA) is 44.8 Å². The van der Waals surface area contributed by atoms with Crippen LogP contribution in [0.2, 0.25) is 0 Å². The lowest BCUT2D eigenvalue weighted by Crippen LogP contribution is -2.54. The fraction of sp³-hybridized carbons (Fsp3) is 0.562. The Morgan fingerprint density at radius 3 is 2.67 bits per heavy atom. The Balaban J connectivity index is 1.92. The normalized spacial score (nSPS) is 17.4. The molecule has 1 amide bonds. The van der Waals surface area contributed by atoms with Crippen LogP contribution in [0.5, 0.6) is 5.75 Å². The van der Waals surface area contributed by atoms with Crippen LogP contribution in [0.1, 0.15) is 13.8 Å². The number of ether oxygens (including phenoxy) is 1. The number of carbonyl (C=O) groups is 1. The van der Waals surface area contributed by atoms with Crippen LogP contribution in [0.3, 0.4) is 0 Å². The number of methoxy groups -OCH3 is 1. The summed E-state index contributed by atoms with van der Waals surface area (Å²) in [5.74, 6) is 0.998. The van der Waals surface area contributed by atoms with Crippen molar-refractivity contribution in [3.8, 4) is 5.75 Å². The Labute approximate surface area is 126 Å². The molecule has 0 radical (unpaired) electrons. The monoisotopic (exact) mass is 291 g/mol. The van der Waals surface area contributed by atoms with Gasteiger partial charge in [0.2, 0.25) is 5.91 Å². The van der Waals surface area contributed by atoms with Gasteiger partial charge in [0.05, 0.1) is 13.2 Å². The molecule has 0 spiro atoms. The van der Waals surface area contributed by atoms with E-state index in [-0.39, 0.29) is 11.9 Å². The Kier molecular flexibility index (Phi) is 5.44. The van der Waals surface area contributed by atoms with E-state index < -0.39 is 0 Å². The van der Waals surface area contributed by atoms with Crippen molar-refractivity contribution in [3.05, 3.63) is 24.3 Å². The van der Waals surface area contributed by atoms with Crippen LogP contribution in [-0.2, 0) is 4.79 Å². The van der Waals surface area contributed by atoms with E-state index >= 15 is 0 Å². The number of nitrogens with one attached hydrogen (secondary N) is 1. The molecule has 21 heavy (non-hydrogen) atoms. The second kappa shape index (κ2) is 7.31. The molecular formula is C16H25N3O2. The van der Waals surface area contributed by atoms with Gasteiger partial charge >= 0.3 is 0 Å². The average Bonchev–Trinajstić information content (AvgIpc) is 2.54. The van der Waals surface area contributed by atoms with Crippen LogP contribution in [0.25, 0.3) is 0 Å². The van der Waals surface area contributed by atoms with E-state index in [1.54, 1.807) is 7.11 Å². The minimum absolute atomic E-state index is 0.0580. The lowest BCUT2D eigenvalue weighted by atomic mass is 10.2. The van der Waals surface area contributed by atoms with E-state index in [1.807, 2.05) is 26.0 Å². The van der Waals surface area contributed by atoms with E-state index in [4.69, 9.17) is 4.74 Å². The zero-order chi connectivity index (χ0) is 15.2. The number of likely N-dealkylation sites (N-methyl/N-ethyl adjacent to an activating group) is 1. The van der Waals surface area contributed by atoms with Gasteiger partial charge in [-0.15, -0.1) is 0 Å². The Bertz CT molecular complexity index is 470. The number of piperazine rings is 1. The lowest BCUT2D eigenvalue weighted by Gasteiger charge is -2.38. The number of benzene rings is 1. The molecule has 1 N–H and O–H groups in total. The molecule has 1 aliphatic heterocycles. The zero-order valence-electron chi connectivity index (χ0n) is 13.1. The first kappa shape index (κ1) is 15.6. The largest absolute Gasteiger partial charge is 0.497 e. The number of carbonyl (C=O) groups excluding carboxylic acids is 1. The third-order valence-electron chi connectivity index (χ3n) is 4.01. The summed E-state index contributed by atoms with van der Waals surface area (Å²) in [6.45, 7) is 8.27. The van der Waals surface area contributed by atoms with Gasteiger partial charge in [-0.2, -0.15) is 0 Å². The molecule has 0 aromatic heterocycles. The standard InChI is InChI=1S/C16H25N3O2/c1-4-17-16(20)13(2)18-8-10-19(11-9-18)14-6-5-7-15(12-14)21-3/h5-7,12-13H,4,8-11H2,1-3H3,(H,17,20)/t13-/m1/s1. The summed E-state index contributed by atoms with van der Waals surface area (Å²) in [7, 11) is 1.69. The quantitative estimate of drug-likeness (QED) is 0.889. The van der Waals surface area contributed by atoms with Crippen LogP contribution in [0.4, 0.5) is 5.69 Å². The Morgan fingerprint density at radius 1 is 1.33 bits per heavy atom. The van der Waals surface area contributed by atoms with E-state index in [9.17, 15) is 4.79 Å². The maximum Gasteiger partial charge on any atom is 0.237 e. The third kappa shape index (κ3) is 3.88. The summed E-state index contributed by atoms with van der Waals surface area (Å²) in [5.41, 5.74) is 1.18. The molecule has 5 heteroatoms. The predicted molar refractivity (Wildman–Crippen MR) is 84.9 cm³/mol. The Hall–Kier alpha value is -1.75. The van der Waals surface area contributed by atoms with Crippen molar-refractivity contribution in [2.75, 3.05) is 44.7 Å². The summed E-state index contributed by atoms with van der Waals surface area (Å²) >= 11 is 0. The molecule has 0 aliphatic carbocycles. The Morgan fingerprint density at radius 2 is 2.05 bits per heavy atom. The fourth-order valence-corrected chi connectivity index (χ4v) is 2.66. The number of hydrogen-bond acceptors (Lipinski definition) is 4. The minimum Gasteiger partial charge on any atom is -0.497 e. The molecule has 0 bridgehead atoms. The van der Waals surface area contributed by atoms with Gasteiger partial charge in [-0.1, -0.05) is 6.07 Å². The van der Waals surface area contributed by atoms with Crippen molar-refractivity contribution < 1.29 is 9.53 Å². The number of rotatable bonds is 5. The predicted octanol–water partition coefficient (Wildman–Crippen LogP) is 1.34. The maximum absolute atomic E-state index is 11.9. The van der Waals surface area contributed by atoms with Crippen LogP contribution < -0.4 is 15.0 Å². The summed E-state index contributed by atoms with van der Waals surface area (Å²) in [6.07, 6.45) is 0. The smallest absolute Gasteiger partial charge is 0.237 e. The molecule has 5 nitrogen and oxygen atoms in total. The minimum atomic E-state index is -0.0580. The van der Waals surface area contributed by atoms with Gasteiger partial charge in [0.1, 0.15) is 5.75 Å². The molecule has 1 aromatic rings. The van der Waals surface area contributed by atoms with Crippen molar-refractivity contribution in [3.63, 3.8) is 0 Å². The van der Waals surface area contributed by atoms with E-state index in [2.05, 4.69) is 27.2 Å². The molecule has 1 fully saturated rings. The van der Waals surface area contributed by atoms with Gasteiger partial charge in [0.15, 0.2) is 0 Å². The summed E-state index contributed by atoms with van der Waals surface area (Å²) < 4.78 is 5.27. The maximum atomic E-state index is 11.9. The van der Waals surface area contributed by atoms with Gasteiger partial charge in [-0.05, 0) is 26.0 Å². The molecule has 0 saturated carbocycles.